The van der Waals surface area contributed by atoms with Gasteiger partial charge >= 0.3 is 23.9 Å². The molecule has 0 saturated carbocycles. The van der Waals surface area contributed by atoms with E-state index in [-0.39, 0.29) is 0 Å². The van der Waals surface area contributed by atoms with Crippen molar-refractivity contribution in [2.75, 3.05) is 29.5 Å². The van der Waals surface area contributed by atoms with E-state index in [0.29, 0.717) is 29.4 Å². The molecule has 12 N–H and O–H groups in total. The Morgan fingerprint density at radius 3 is 1.17 bits per heavy atom. The first-order chi connectivity index (χ1) is 19.3. The lowest BCUT2D eigenvalue weighted by Gasteiger charge is -2.11. The first-order valence-electron chi connectivity index (χ1n) is 11.7. The maximum absolute atomic E-state index is 11.3. The molecule has 0 aliphatic heterocycles. The molecule has 0 fully saturated rings. The van der Waals surface area contributed by atoms with Crippen LogP contribution in [-0.4, -0.2) is 50.9 Å². The quantitative estimate of drug-likeness (QED) is 0.155. The number of carboxylic acids is 4. The van der Waals surface area contributed by atoms with Gasteiger partial charge in [0.1, 0.15) is 5.75 Å². The Balaban J connectivity index is 0.000000255. The number of anilines is 4. The zero-order valence-electron chi connectivity index (χ0n) is 21.7. The van der Waals surface area contributed by atoms with Gasteiger partial charge in [0.25, 0.3) is 0 Å². The maximum atomic E-state index is 11.3. The Morgan fingerprint density at radius 1 is 0.561 bits per heavy atom. The van der Waals surface area contributed by atoms with Crippen LogP contribution in [0.4, 0.5) is 22.7 Å². The van der Waals surface area contributed by atoms with Crippen LogP contribution in [0.3, 0.4) is 0 Å². The Labute approximate surface area is 233 Å². The van der Waals surface area contributed by atoms with E-state index < -0.39 is 56.9 Å². The van der Waals surface area contributed by atoms with Crippen LogP contribution >= 0.6 is 0 Å². The fourth-order valence-electron chi connectivity index (χ4n) is 3.53. The molecular formula is C28H28N4O9. The van der Waals surface area contributed by atoms with Gasteiger partial charge in [0.2, 0.25) is 0 Å². The summed E-state index contributed by atoms with van der Waals surface area (Å²) in [6.45, 7) is 2.57. The molecule has 13 heteroatoms. The van der Waals surface area contributed by atoms with Gasteiger partial charge < -0.3 is 48.1 Å². The molecule has 0 radical (unpaired) electrons. The summed E-state index contributed by atoms with van der Waals surface area (Å²) < 4.78 is 5.21. The minimum Gasteiger partial charge on any atom is -0.494 e. The van der Waals surface area contributed by atoms with E-state index in [2.05, 4.69) is 0 Å². The topological polar surface area (TPSA) is 263 Å². The third-order valence-electron chi connectivity index (χ3n) is 5.45. The van der Waals surface area contributed by atoms with Crippen LogP contribution in [0.5, 0.6) is 5.75 Å². The summed E-state index contributed by atoms with van der Waals surface area (Å²) in [4.78, 5) is 45.1. The van der Waals surface area contributed by atoms with Crippen LogP contribution in [0.15, 0.2) is 66.7 Å². The number of hydrogen-bond acceptors (Lipinski definition) is 9. The highest BCUT2D eigenvalue weighted by Gasteiger charge is 2.25. The molecule has 0 amide bonds. The summed E-state index contributed by atoms with van der Waals surface area (Å²) in [6, 6.07) is 16.3. The van der Waals surface area contributed by atoms with Gasteiger partial charge in [-0.05, 0) is 55.5 Å². The van der Waals surface area contributed by atoms with Crippen LogP contribution in [0.25, 0.3) is 10.8 Å². The molecule has 0 aliphatic carbocycles. The zero-order valence-corrected chi connectivity index (χ0v) is 21.7. The maximum Gasteiger partial charge on any atom is 0.336 e. The number of para-hydroxylation sites is 2. The van der Waals surface area contributed by atoms with E-state index in [4.69, 9.17) is 48.1 Å². The van der Waals surface area contributed by atoms with E-state index in [1.807, 2.05) is 19.1 Å². The number of nitrogen functional groups attached to an aromatic ring is 4. The molecular weight excluding hydrogens is 536 g/mol. The van der Waals surface area contributed by atoms with E-state index in [0.717, 1.165) is 30.0 Å². The molecule has 4 aromatic carbocycles. The highest BCUT2D eigenvalue weighted by Crippen LogP contribution is 2.30. The second-order valence-electron chi connectivity index (χ2n) is 8.14. The summed E-state index contributed by atoms with van der Waals surface area (Å²) in [6.07, 6.45) is 0. The van der Waals surface area contributed by atoms with Crippen molar-refractivity contribution in [1.82, 2.24) is 0 Å². The van der Waals surface area contributed by atoms with Crippen LogP contribution < -0.4 is 27.7 Å². The van der Waals surface area contributed by atoms with Gasteiger partial charge in [-0.25, -0.2) is 19.2 Å². The van der Waals surface area contributed by atoms with E-state index in [1.54, 1.807) is 30.3 Å². The van der Waals surface area contributed by atoms with Gasteiger partial charge in [0.05, 0.1) is 51.6 Å². The van der Waals surface area contributed by atoms with Crippen molar-refractivity contribution in [3.63, 3.8) is 0 Å². The fraction of sp³-hybridized carbons (Fsp3) is 0.0714. The molecule has 0 aliphatic rings. The molecule has 13 nitrogen and oxygen atoms in total. The smallest absolute Gasteiger partial charge is 0.336 e. The molecule has 0 heterocycles. The molecule has 0 spiro atoms. The second-order valence-corrected chi connectivity index (χ2v) is 8.14. The SMILES string of the molecule is CCOc1ccc(N)c(N)c1.Nc1ccccc1N.O=C(O)c1ccc(C(=O)O)c2c(C(=O)O)ccc(C(=O)O)c12. The molecule has 4 rings (SSSR count). The minimum absolute atomic E-state index is 0.431. The lowest BCUT2D eigenvalue weighted by molar-refractivity contribution is 0.0675. The number of carbonyl (C=O) groups is 4. The summed E-state index contributed by atoms with van der Waals surface area (Å²) >= 11 is 0. The average Bonchev–Trinajstić information content (AvgIpc) is 2.91. The van der Waals surface area contributed by atoms with Gasteiger partial charge in [0, 0.05) is 16.8 Å². The van der Waals surface area contributed by atoms with Crippen molar-refractivity contribution in [3.8, 4) is 5.75 Å². The predicted octanol–water partition coefficient (Wildman–Crippen LogP) is 3.73. The monoisotopic (exact) mass is 564 g/mol. The number of benzene rings is 4. The molecule has 0 bridgehead atoms. The molecule has 0 saturated heterocycles. The van der Waals surface area contributed by atoms with E-state index >= 15 is 0 Å². The lowest BCUT2D eigenvalue weighted by atomic mass is 9.91. The predicted molar refractivity (Wildman–Crippen MR) is 153 cm³/mol. The van der Waals surface area contributed by atoms with Gasteiger partial charge in [-0.1, -0.05) is 12.1 Å². The first kappa shape index (κ1) is 31.2. The molecule has 4 aromatic rings. The van der Waals surface area contributed by atoms with Crippen molar-refractivity contribution < 1.29 is 44.3 Å². The third-order valence-corrected chi connectivity index (χ3v) is 5.45. The van der Waals surface area contributed by atoms with Gasteiger partial charge in [0.15, 0.2) is 0 Å². The van der Waals surface area contributed by atoms with Crippen LogP contribution in [0.2, 0.25) is 0 Å². The number of carboxylic acid groups (broad SMARTS) is 4. The van der Waals surface area contributed by atoms with Crippen LogP contribution in [-0.2, 0) is 0 Å². The summed E-state index contributed by atoms with van der Waals surface area (Å²) in [5, 5.41) is 35.8. The Bertz CT molecular complexity index is 1460. The number of fused-ring (bicyclic) bond motifs is 1. The van der Waals surface area contributed by atoms with Crippen molar-refractivity contribution in [1.29, 1.82) is 0 Å². The summed E-state index contributed by atoms with van der Waals surface area (Å²) in [5.41, 5.74) is 22.3. The average molecular weight is 565 g/mol. The van der Waals surface area contributed by atoms with Crippen molar-refractivity contribution in [2.24, 2.45) is 0 Å². The van der Waals surface area contributed by atoms with E-state index in [9.17, 15) is 19.2 Å². The number of aromatic carboxylic acids is 4. The van der Waals surface area contributed by atoms with Gasteiger partial charge in [-0.2, -0.15) is 0 Å². The largest absolute Gasteiger partial charge is 0.494 e. The Kier molecular flexibility index (Phi) is 10.4. The fourth-order valence-corrected chi connectivity index (χ4v) is 3.53. The van der Waals surface area contributed by atoms with Crippen LogP contribution in [0, 0.1) is 0 Å². The Hall–Kier alpha value is -5.98. The minimum atomic E-state index is -1.49. The molecule has 0 atom stereocenters. The third kappa shape index (κ3) is 7.77. The highest BCUT2D eigenvalue weighted by molar-refractivity contribution is 6.21. The standard InChI is InChI=1S/C14H8O8.C8H12N2O.C6H8N2/c15-11(16)5-1-2-6(12(17)18)10-8(14(21)22)4-3-7(9(5)10)13(19)20;1-2-11-6-3-4-7(9)8(10)5-6;7-5-3-1-2-4-6(5)8/h1-4H,(H,15,16)(H,17,18)(H,19,20)(H,21,22);3-5H,2,9-10H2,1H3;1-4H,7-8H2. The molecule has 0 unspecified atom stereocenters. The lowest BCUT2D eigenvalue weighted by Crippen LogP contribution is -2.11. The number of nitrogens with two attached hydrogens (primary N) is 4. The number of ether oxygens (including phenoxy) is 1. The van der Waals surface area contributed by atoms with Gasteiger partial charge in [-0.3, -0.25) is 0 Å². The van der Waals surface area contributed by atoms with Crippen LogP contribution in [0.1, 0.15) is 48.4 Å². The second kappa shape index (κ2) is 13.7. The Morgan fingerprint density at radius 2 is 0.902 bits per heavy atom. The van der Waals surface area contributed by atoms with Crippen molar-refractivity contribution >= 4 is 57.4 Å². The summed E-state index contributed by atoms with van der Waals surface area (Å²) in [7, 11) is 0. The highest BCUT2D eigenvalue weighted by atomic mass is 16.5. The van der Waals surface area contributed by atoms with Crippen molar-refractivity contribution in [3.05, 3.63) is 89.0 Å². The summed E-state index contributed by atoms with van der Waals surface area (Å²) in [5.74, 6) is -5.21. The molecule has 214 valence electrons. The zero-order chi connectivity index (χ0) is 30.9. The first-order valence-corrected chi connectivity index (χ1v) is 11.7. The molecule has 41 heavy (non-hydrogen) atoms. The normalized spacial score (nSPS) is 9.88. The van der Waals surface area contributed by atoms with Crippen molar-refractivity contribution in [2.45, 2.75) is 6.92 Å². The molecule has 0 aromatic heterocycles. The number of rotatable bonds is 6. The van der Waals surface area contributed by atoms with E-state index in [1.165, 1.54) is 0 Å². The van der Waals surface area contributed by atoms with Gasteiger partial charge in [-0.15, -0.1) is 0 Å². The number of hydrogen-bond donors (Lipinski definition) is 8.